The van der Waals surface area contributed by atoms with Gasteiger partial charge in [-0.15, -0.1) is 0 Å². The molecule has 1 aliphatic carbocycles. The van der Waals surface area contributed by atoms with Crippen molar-refractivity contribution in [3.63, 3.8) is 0 Å². The molecule has 0 saturated carbocycles. The molecule has 3 heterocycles. The molecule has 1 aromatic heterocycles. The van der Waals surface area contributed by atoms with Gasteiger partial charge in [-0.2, -0.15) is 0 Å². The Kier molecular flexibility index (Phi) is 6.24. The van der Waals surface area contributed by atoms with E-state index in [1.807, 2.05) is 60.7 Å². The van der Waals surface area contributed by atoms with Crippen molar-refractivity contribution in [2.45, 2.75) is 51.4 Å². The lowest BCUT2D eigenvalue weighted by molar-refractivity contribution is -0.403. The first-order chi connectivity index (χ1) is 18.2. The molecule has 37 heavy (non-hydrogen) atoms. The zero-order chi connectivity index (χ0) is 25.4. The zero-order valence-corrected chi connectivity index (χ0v) is 21.1. The molecule has 6 nitrogen and oxygen atoms in total. The fraction of sp³-hybridized carbons (Fsp3) is 0.290. The lowest BCUT2D eigenvalue weighted by atomic mass is 9.69. The largest absolute Gasteiger partial charge is 0.359 e. The number of benzene rings is 2. The molecule has 2 aromatic carbocycles. The van der Waals surface area contributed by atoms with Crippen molar-refractivity contribution in [3.8, 4) is 0 Å². The first kappa shape index (κ1) is 23.8. The van der Waals surface area contributed by atoms with Crippen LogP contribution in [-0.2, 0) is 26.5 Å². The third kappa shape index (κ3) is 3.93. The van der Waals surface area contributed by atoms with Crippen molar-refractivity contribution < 1.29 is 19.3 Å². The number of allylic oxidation sites excluding steroid dienone is 2. The Bertz CT molecular complexity index is 1390. The van der Waals surface area contributed by atoms with Crippen LogP contribution in [0.2, 0.25) is 0 Å². The van der Waals surface area contributed by atoms with Crippen LogP contribution in [0.3, 0.4) is 0 Å². The second-order valence-electron chi connectivity index (χ2n) is 9.52. The minimum absolute atomic E-state index is 0.0349. The summed E-state index contributed by atoms with van der Waals surface area (Å²) in [6.07, 6.45) is 6.90. The van der Waals surface area contributed by atoms with E-state index in [1.54, 1.807) is 0 Å². The van der Waals surface area contributed by atoms with Gasteiger partial charge in [0.1, 0.15) is 0 Å². The molecule has 6 heteroatoms. The summed E-state index contributed by atoms with van der Waals surface area (Å²) >= 11 is 0. The van der Waals surface area contributed by atoms with Crippen LogP contribution in [0.1, 0.15) is 71.5 Å². The van der Waals surface area contributed by atoms with Crippen LogP contribution in [0, 0.1) is 0 Å². The zero-order valence-electron chi connectivity index (χ0n) is 21.1. The van der Waals surface area contributed by atoms with Gasteiger partial charge in [-0.25, -0.2) is 9.78 Å². The Morgan fingerprint density at radius 1 is 1.00 bits per heavy atom. The van der Waals surface area contributed by atoms with Crippen molar-refractivity contribution >= 4 is 17.1 Å². The van der Waals surface area contributed by atoms with Gasteiger partial charge >= 0.3 is 0 Å². The van der Waals surface area contributed by atoms with Crippen molar-refractivity contribution in [1.82, 2.24) is 4.98 Å². The third-order valence-electron chi connectivity index (χ3n) is 7.34. The molecule has 188 valence electrons. The van der Waals surface area contributed by atoms with Gasteiger partial charge in [-0.1, -0.05) is 62.4 Å². The topological polar surface area (TPSA) is 72.9 Å². The molecule has 6 rings (SSSR count). The number of aromatic amines is 1. The van der Waals surface area contributed by atoms with Gasteiger partial charge in [0.25, 0.3) is 0 Å². The van der Waals surface area contributed by atoms with E-state index >= 15 is 0 Å². The quantitative estimate of drug-likeness (QED) is 0.310. The molecule has 1 N–H and O–H groups in total. The lowest BCUT2D eigenvalue weighted by Crippen LogP contribution is -2.41. The van der Waals surface area contributed by atoms with Crippen LogP contribution in [0.4, 0.5) is 0 Å². The van der Waals surface area contributed by atoms with Gasteiger partial charge in [-0.3, -0.25) is 9.79 Å². The van der Waals surface area contributed by atoms with Crippen molar-refractivity contribution in [1.29, 1.82) is 0 Å². The number of aryl methyl sites for hydroxylation is 1. The van der Waals surface area contributed by atoms with Crippen LogP contribution >= 0.6 is 0 Å². The molecule has 3 aromatic rings. The number of carbonyl (C=O) groups excluding carboxylic acids is 1. The molecular formula is C31H30N2O4. The number of nitrogens with one attached hydrogen (secondary N) is 1. The first-order valence-corrected chi connectivity index (χ1v) is 13.0. The van der Waals surface area contributed by atoms with E-state index in [9.17, 15) is 4.79 Å². The number of H-pyrrole nitrogens is 1. The number of ketones is 1. The summed E-state index contributed by atoms with van der Waals surface area (Å²) in [6.45, 7) is 4.83. The summed E-state index contributed by atoms with van der Waals surface area (Å²) in [4.78, 5) is 35.0. The normalized spacial score (nSPS) is 21.1. The second-order valence-corrected chi connectivity index (χ2v) is 9.52. The van der Waals surface area contributed by atoms with E-state index < -0.39 is 11.9 Å². The van der Waals surface area contributed by atoms with E-state index in [2.05, 4.69) is 31.0 Å². The molecule has 1 atom stereocenters. The fourth-order valence-electron chi connectivity index (χ4n) is 5.46. The van der Waals surface area contributed by atoms with Crippen LogP contribution in [0.25, 0.3) is 5.57 Å². The van der Waals surface area contributed by atoms with Crippen molar-refractivity contribution in [2.24, 2.45) is 4.99 Å². The molecule has 0 bridgehead atoms. The highest BCUT2D eigenvalue weighted by molar-refractivity contribution is 6.14. The summed E-state index contributed by atoms with van der Waals surface area (Å²) in [6, 6.07) is 19.4. The smallest absolute Gasteiger partial charge is 0.193 e. The number of rotatable bonds is 7. The van der Waals surface area contributed by atoms with Gasteiger partial charge < -0.3 is 9.72 Å². The predicted molar refractivity (Wildman–Crippen MR) is 142 cm³/mol. The number of carbonyl (C=O) groups is 1. The average Bonchev–Trinajstić information content (AvgIpc) is 3.73. The van der Waals surface area contributed by atoms with Gasteiger partial charge in [0.15, 0.2) is 17.7 Å². The molecule has 1 unspecified atom stereocenters. The van der Waals surface area contributed by atoms with Crippen LogP contribution in [0.5, 0.6) is 0 Å². The molecule has 0 radical (unpaired) electrons. The number of ether oxygens (including phenoxy) is 1. The highest BCUT2D eigenvalue weighted by atomic mass is 17.2. The van der Waals surface area contributed by atoms with E-state index in [4.69, 9.17) is 19.5 Å². The van der Waals surface area contributed by atoms with Crippen molar-refractivity contribution in [2.75, 3.05) is 6.61 Å². The maximum absolute atomic E-state index is 13.7. The average molecular weight is 495 g/mol. The molecule has 2 aliphatic heterocycles. The summed E-state index contributed by atoms with van der Waals surface area (Å²) < 4.78 is 5.77. The number of hydrogen-bond acceptors (Lipinski definition) is 5. The Balaban J connectivity index is 1.69. The van der Waals surface area contributed by atoms with Gasteiger partial charge in [0.2, 0.25) is 0 Å². The summed E-state index contributed by atoms with van der Waals surface area (Å²) in [5, 5.41) is 0. The van der Waals surface area contributed by atoms with Gasteiger partial charge in [-0.05, 0) is 43.5 Å². The van der Waals surface area contributed by atoms with Gasteiger partial charge in [0, 0.05) is 51.3 Å². The van der Waals surface area contributed by atoms with Crippen LogP contribution in [-0.4, -0.2) is 29.4 Å². The maximum atomic E-state index is 13.7. The monoisotopic (exact) mass is 494 g/mol. The fourth-order valence-corrected chi connectivity index (χ4v) is 5.46. The van der Waals surface area contributed by atoms with E-state index in [-0.39, 0.29) is 5.78 Å². The van der Waals surface area contributed by atoms with Crippen LogP contribution in [0.15, 0.2) is 83.5 Å². The predicted octanol–water partition coefficient (Wildman–Crippen LogP) is 6.28. The van der Waals surface area contributed by atoms with E-state index in [0.717, 1.165) is 65.2 Å². The molecule has 0 amide bonds. The molecular weight excluding hydrogens is 464 g/mol. The summed E-state index contributed by atoms with van der Waals surface area (Å²) in [5.41, 5.74) is 5.87. The Labute approximate surface area is 216 Å². The summed E-state index contributed by atoms with van der Waals surface area (Å²) in [5.74, 6) is -0.0349. The minimum Gasteiger partial charge on any atom is -0.359 e. The number of aromatic nitrogens is 1. The molecule has 0 spiro atoms. The number of nitrogens with zero attached hydrogens (tertiary/aromatic N) is 1. The van der Waals surface area contributed by atoms with Crippen molar-refractivity contribution in [3.05, 3.63) is 112 Å². The molecule has 1 saturated heterocycles. The Morgan fingerprint density at radius 2 is 1.73 bits per heavy atom. The Morgan fingerprint density at radius 3 is 2.32 bits per heavy atom. The number of aliphatic imine (C=N–C) groups is 1. The number of hydrogen-bond donors (Lipinski definition) is 1. The van der Waals surface area contributed by atoms with E-state index in [1.165, 1.54) is 0 Å². The lowest BCUT2D eigenvalue weighted by Gasteiger charge is -2.40. The SMILES string of the molecule is CCC1=N/C(=C(\c2ccc(CC)[nH]2)C2(OOC3CCCO3)c3ccccc3C(=O)c3ccccc32)C=C1. The second kappa shape index (κ2) is 9.71. The molecule has 1 fully saturated rings. The maximum Gasteiger partial charge on any atom is 0.193 e. The minimum atomic E-state index is -1.27. The Hall–Kier alpha value is -3.58. The molecule has 3 aliphatic rings. The highest BCUT2D eigenvalue weighted by Gasteiger charge is 2.51. The third-order valence-corrected chi connectivity index (χ3v) is 7.34. The standard InChI is InChI=1S/C31H30N2O4/c1-3-20-15-17-26(32-20)29(27-18-16-21(4-2)33-27)31(37-36-28-14-9-19-35-28)24-12-7-5-10-22(24)30(34)23-11-6-8-13-25(23)31/h5-8,10-13,15-18,28,32H,3-4,9,14,19H2,1-2H3/b29-27+. The number of fused-ring (bicyclic) bond motifs is 2. The summed E-state index contributed by atoms with van der Waals surface area (Å²) in [7, 11) is 0. The van der Waals surface area contributed by atoms with Gasteiger partial charge in [0.05, 0.1) is 12.3 Å². The van der Waals surface area contributed by atoms with E-state index in [0.29, 0.717) is 17.7 Å². The van der Waals surface area contributed by atoms with Crippen LogP contribution < -0.4 is 0 Å². The first-order valence-electron chi connectivity index (χ1n) is 13.0. The highest BCUT2D eigenvalue weighted by Crippen LogP contribution is 2.52.